The van der Waals surface area contributed by atoms with Crippen molar-refractivity contribution in [2.45, 2.75) is 32.2 Å². The molecule has 2 aromatic heterocycles. The molecule has 4 heteroatoms. The zero-order valence-corrected chi connectivity index (χ0v) is 14.5. The topological polar surface area (TPSA) is 58.1 Å². The van der Waals surface area contributed by atoms with Gasteiger partial charge in [0.15, 0.2) is 0 Å². The largest absolute Gasteiger partial charge is 0.326 e. The Labute approximate surface area is 147 Å². The molecule has 0 saturated heterocycles. The van der Waals surface area contributed by atoms with Gasteiger partial charge in [-0.2, -0.15) is 0 Å². The Kier molecular flexibility index (Phi) is 3.75. The highest BCUT2D eigenvalue weighted by atomic mass is 16.1. The summed E-state index contributed by atoms with van der Waals surface area (Å²) in [6, 6.07) is 7.48. The van der Waals surface area contributed by atoms with Crippen LogP contribution in [0.5, 0.6) is 0 Å². The van der Waals surface area contributed by atoms with Crippen LogP contribution in [0.15, 0.2) is 69.7 Å². The highest BCUT2D eigenvalue weighted by Crippen LogP contribution is 2.51. The second-order valence-corrected chi connectivity index (χ2v) is 6.86. The minimum atomic E-state index is -0.431. The number of aromatic nitrogens is 2. The number of rotatable bonds is 2. The third kappa shape index (κ3) is 2.58. The number of fused-ring (bicyclic) bond motifs is 4. The van der Waals surface area contributed by atoms with Crippen LogP contribution in [0.4, 0.5) is 0 Å². The van der Waals surface area contributed by atoms with Gasteiger partial charge >= 0.3 is 0 Å². The van der Waals surface area contributed by atoms with Crippen LogP contribution < -0.4 is 5.56 Å². The summed E-state index contributed by atoms with van der Waals surface area (Å²) in [5.74, 6) is 0.291. The fraction of sp³-hybridized carbons (Fsp3) is 0.286. The number of aromatic amines is 1. The summed E-state index contributed by atoms with van der Waals surface area (Å²) in [5.41, 5.74) is 5.35. The van der Waals surface area contributed by atoms with Crippen molar-refractivity contribution in [3.63, 3.8) is 0 Å². The van der Waals surface area contributed by atoms with Crippen molar-refractivity contribution in [3.05, 3.63) is 87.1 Å². The molecule has 2 unspecified atom stereocenters. The van der Waals surface area contributed by atoms with Crippen molar-refractivity contribution in [3.8, 4) is 0 Å². The molecule has 2 aromatic rings. The molecule has 0 aromatic carbocycles. The maximum atomic E-state index is 11.8. The standard InChI is InChI=1S/C21H21N3O/c1-3-17-16-10-14(2)12-21(17,23-13-15-6-8-22-9-7-15)18-4-5-20(25)24-19(18)11-16/h3-10,13,16H,11-12H2,1-2H3,(H,24,25). The van der Waals surface area contributed by atoms with Crippen LogP contribution in [0.3, 0.4) is 0 Å². The normalized spacial score (nSPS) is 26.6. The van der Waals surface area contributed by atoms with Crippen molar-refractivity contribution < 1.29 is 0 Å². The molecule has 2 heterocycles. The van der Waals surface area contributed by atoms with Crippen molar-refractivity contribution in [2.24, 2.45) is 10.9 Å². The Hall–Kier alpha value is -2.75. The Morgan fingerprint density at radius 1 is 1.28 bits per heavy atom. The van der Waals surface area contributed by atoms with E-state index < -0.39 is 5.54 Å². The zero-order valence-electron chi connectivity index (χ0n) is 14.5. The summed E-state index contributed by atoms with van der Waals surface area (Å²) >= 11 is 0. The van der Waals surface area contributed by atoms with Gasteiger partial charge in [0.1, 0.15) is 5.54 Å². The molecule has 126 valence electrons. The van der Waals surface area contributed by atoms with Crippen molar-refractivity contribution >= 4 is 6.21 Å². The molecule has 2 bridgehead atoms. The van der Waals surface area contributed by atoms with Crippen molar-refractivity contribution in [1.29, 1.82) is 0 Å². The lowest BCUT2D eigenvalue weighted by Crippen LogP contribution is -2.40. The van der Waals surface area contributed by atoms with Gasteiger partial charge in [0.05, 0.1) is 0 Å². The van der Waals surface area contributed by atoms with Crippen molar-refractivity contribution in [2.75, 3.05) is 0 Å². The van der Waals surface area contributed by atoms with E-state index in [9.17, 15) is 4.79 Å². The van der Waals surface area contributed by atoms with Gasteiger partial charge in [-0.1, -0.05) is 17.7 Å². The van der Waals surface area contributed by atoms with Crippen molar-refractivity contribution in [1.82, 2.24) is 9.97 Å². The summed E-state index contributed by atoms with van der Waals surface area (Å²) in [6.45, 7) is 4.26. The van der Waals surface area contributed by atoms with Crippen LogP contribution in [-0.4, -0.2) is 16.2 Å². The molecule has 25 heavy (non-hydrogen) atoms. The number of nitrogens with one attached hydrogen (secondary N) is 1. The van der Waals surface area contributed by atoms with Crippen LogP contribution in [0.1, 0.15) is 37.1 Å². The number of aliphatic imine (C=N–C) groups is 1. The first-order chi connectivity index (χ1) is 12.1. The van der Waals surface area contributed by atoms with E-state index in [1.54, 1.807) is 18.5 Å². The fourth-order valence-corrected chi connectivity index (χ4v) is 4.29. The monoisotopic (exact) mass is 331 g/mol. The smallest absolute Gasteiger partial charge is 0.248 e. The fourth-order valence-electron chi connectivity index (χ4n) is 4.29. The number of pyridine rings is 2. The van der Waals surface area contributed by atoms with Crippen LogP contribution in [0, 0.1) is 5.92 Å². The maximum absolute atomic E-state index is 11.8. The highest BCUT2D eigenvalue weighted by Gasteiger charge is 2.46. The van der Waals surface area contributed by atoms with Gasteiger partial charge in [0, 0.05) is 48.3 Å². The van der Waals surface area contributed by atoms with Gasteiger partial charge in [-0.05, 0) is 49.6 Å². The second-order valence-electron chi connectivity index (χ2n) is 6.86. The Morgan fingerprint density at radius 3 is 2.84 bits per heavy atom. The van der Waals surface area contributed by atoms with E-state index in [2.05, 4.69) is 36.0 Å². The Morgan fingerprint density at radius 2 is 2.08 bits per heavy atom. The van der Waals surface area contributed by atoms with Gasteiger partial charge in [-0.15, -0.1) is 0 Å². The van der Waals surface area contributed by atoms with Gasteiger partial charge in [0.2, 0.25) is 5.56 Å². The van der Waals surface area contributed by atoms with E-state index >= 15 is 0 Å². The molecule has 0 spiro atoms. The van der Waals surface area contributed by atoms with Gasteiger partial charge in [0.25, 0.3) is 0 Å². The van der Waals surface area contributed by atoms with E-state index in [1.807, 2.05) is 24.4 Å². The van der Waals surface area contributed by atoms with Crippen LogP contribution in [0.25, 0.3) is 0 Å². The molecule has 0 aliphatic heterocycles. The lowest BCUT2D eigenvalue weighted by Gasteiger charge is -2.45. The third-order valence-corrected chi connectivity index (χ3v) is 5.22. The number of hydrogen-bond acceptors (Lipinski definition) is 3. The summed E-state index contributed by atoms with van der Waals surface area (Å²) < 4.78 is 0. The second kappa shape index (κ2) is 5.96. The van der Waals surface area contributed by atoms with Gasteiger partial charge in [-0.25, -0.2) is 0 Å². The molecule has 1 N–H and O–H groups in total. The maximum Gasteiger partial charge on any atom is 0.248 e. The molecule has 0 saturated carbocycles. The SMILES string of the molecule is CC=C1C2C=C(C)CC1(N=Cc1ccncc1)c1ccc(=O)[nH]c1C2. The van der Waals surface area contributed by atoms with E-state index in [-0.39, 0.29) is 5.56 Å². The van der Waals surface area contributed by atoms with E-state index in [4.69, 9.17) is 4.99 Å². The average Bonchev–Trinajstić information content (AvgIpc) is 2.60. The first kappa shape index (κ1) is 15.8. The summed E-state index contributed by atoms with van der Waals surface area (Å²) in [5, 5.41) is 0. The lowest BCUT2D eigenvalue weighted by atomic mass is 9.63. The van der Waals surface area contributed by atoms with Crippen LogP contribution in [0.2, 0.25) is 0 Å². The Balaban J connectivity index is 1.93. The molecule has 4 nitrogen and oxygen atoms in total. The molecular weight excluding hydrogens is 310 g/mol. The zero-order chi connectivity index (χ0) is 17.4. The molecule has 0 fully saturated rings. The molecule has 2 atom stereocenters. The molecular formula is C21H21N3O. The molecule has 0 amide bonds. The number of hydrogen-bond donors (Lipinski definition) is 1. The Bertz CT molecular complexity index is 953. The molecule has 2 aliphatic carbocycles. The van der Waals surface area contributed by atoms with Gasteiger partial charge < -0.3 is 4.98 Å². The molecule has 0 radical (unpaired) electrons. The van der Waals surface area contributed by atoms with E-state index in [0.717, 1.165) is 29.7 Å². The highest BCUT2D eigenvalue weighted by molar-refractivity contribution is 5.80. The molecule has 4 rings (SSSR count). The number of nitrogens with zero attached hydrogens (tertiary/aromatic N) is 2. The summed E-state index contributed by atoms with van der Waals surface area (Å²) in [4.78, 5) is 24.0. The predicted molar refractivity (Wildman–Crippen MR) is 99.9 cm³/mol. The van der Waals surface area contributed by atoms with Crippen LogP contribution >= 0.6 is 0 Å². The minimum Gasteiger partial charge on any atom is -0.326 e. The average molecular weight is 331 g/mol. The first-order valence-corrected chi connectivity index (χ1v) is 8.64. The van der Waals surface area contributed by atoms with E-state index in [1.165, 1.54) is 11.1 Å². The quantitative estimate of drug-likeness (QED) is 0.676. The predicted octanol–water partition coefficient (Wildman–Crippen LogP) is 3.55. The lowest BCUT2D eigenvalue weighted by molar-refractivity contribution is 0.413. The minimum absolute atomic E-state index is 0.0466. The number of allylic oxidation sites excluding steroid dienone is 2. The first-order valence-electron chi connectivity index (χ1n) is 8.64. The molecule has 2 aliphatic rings. The third-order valence-electron chi connectivity index (χ3n) is 5.22. The summed E-state index contributed by atoms with van der Waals surface area (Å²) in [6.07, 6.45) is 11.7. The van der Waals surface area contributed by atoms with Gasteiger partial charge in [-0.3, -0.25) is 14.8 Å². The summed E-state index contributed by atoms with van der Waals surface area (Å²) in [7, 11) is 0. The van der Waals surface area contributed by atoms with E-state index in [0.29, 0.717) is 5.92 Å². The number of H-pyrrole nitrogens is 1. The van der Waals surface area contributed by atoms with Crippen LogP contribution in [-0.2, 0) is 12.0 Å².